The van der Waals surface area contributed by atoms with Gasteiger partial charge in [-0.2, -0.15) is 0 Å². The lowest BCUT2D eigenvalue weighted by Crippen LogP contribution is -2.23. The van der Waals surface area contributed by atoms with Gasteiger partial charge in [-0.25, -0.2) is 0 Å². The average Bonchev–Trinajstić information content (AvgIpc) is 2.38. The Morgan fingerprint density at radius 1 is 1.28 bits per heavy atom. The third kappa shape index (κ3) is 2.99. The van der Waals surface area contributed by atoms with Gasteiger partial charge in [0, 0.05) is 18.9 Å². The van der Waals surface area contributed by atoms with Crippen molar-refractivity contribution >= 4 is 17.5 Å². The van der Waals surface area contributed by atoms with Gasteiger partial charge < -0.3 is 10.4 Å². The molecule has 18 heavy (non-hydrogen) atoms. The fourth-order valence-electron chi connectivity index (χ4n) is 1.45. The minimum Gasteiger partial charge on any atom is -0.508 e. The Morgan fingerprint density at radius 3 is 2.67 bits per heavy atom. The van der Waals surface area contributed by atoms with E-state index in [4.69, 9.17) is 16.7 Å². The first kappa shape index (κ1) is 12.4. The quantitative estimate of drug-likeness (QED) is 0.893. The fourth-order valence-corrected chi connectivity index (χ4v) is 1.66. The molecule has 0 spiro atoms. The number of benzene rings is 1. The Hall–Kier alpha value is -2.07. The molecule has 0 saturated heterocycles. The highest BCUT2D eigenvalue weighted by molar-refractivity contribution is 6.33. The van der Waals surface area contributed by atoms with Gasteiger partial charge in [0.15, 0.2) is 0 Å². The smallest absolute Gasteiger partial charge is 0.253 e. The van der Waals surface area contributed by atoms with Crippen LogP contribution >= 0.6 is 11.6 Å². The third-order valence-corrected chi connectivity index (χ3v) is 2.71. The maximum Gasteiger partial charge on any atom is 0.253 e. The molecule has 92 valence electrons. The Bertz CT molecular complexity index is 555. The lowest BCUT2D eigenvalue weighted by Gasteiger charge is -2.06. The van der Waals surface area contributed by atoms with Gasteiger partial charge in [-0.3, -0.25) is 9.78 Å². The van der Waals surface area contributed by atoms with Crippen molar-refractivity contribution in [1.29, 1.82) is 0 Å². The van der Waals surface area contributed by atoms with E-state index >= 15 is 0 Å². The van der Waals surface area contributed by atoms with Gasteiger partial charge in [-0.15, -0.1) is 0 Å². The van der Waals surface area contributed by atoms with Crippen LogP contribution in [0.3, 0.4) is 0 Å². The third-order valence-electron chi connectivity index (χ3n) is 2.41. The molecule has 1 heterocycles. The number of halogens is 1. The van der Waals surface area contributed by atoms with E-state index < -0.39 is 0 Å². The van der Waals surface area contributed by atoms with Crippen LogP contribution in [0.1, 0.15) is 15.9 Å². The summed E-state index contributed by atoms with van der Waals surface area (Å²) in [5.74, 6) is -0.0577. The van der Waals surface area contributed by atoms with Gasteiger partial charge >= 0.3 is 0 Å². The second kappa shape index (κ2) is 5.51. The summed E-state index contributed by atoms with van der Waals surface area (Å²) in [6.07, 6.45) is 2.94. The Balaban J connectivity index is 2.01. The van der Waals surface area contributed by atoms with Gasteiger partial charge in [0.2, 0.25) is 0 Å². The van der Waals surface area contributed by atoms with Crippen LogP contribution in [0.2, 0.25) is 5.02 Å². The maximum absolute atomic E-state index is 11.8. The number of carbonyl (C=O) groups excluding carboxylic acids is 1. The van der Waals surface area contributed by atoms with Gasteiger partial charge in [0.1, 0.15) is 5.75 Å². The number of hydrogen-bond donors (Lipinski definition) is 2. The van der Waals surface area contributed by atoms with Crippen LogP contribution in [0.25, 0.3) is 0 Å². The first-order valence-corrected chi connectivity index (χ1v) is 5.70. The molecule has 0 fully saturated rings. The van der Waals surface area contributed by atoms with Crippen molar-refractivity contribution in [2.75, 3.05) is 0 Å². The molecule has 0 saturated carbocycles. The summed E-state index contributed by atoms with van der Waals surface area (Å²) in [7, 11) is 0. The predicted molar refractivity (Wildman–Crippen MR) is 68.5 cm³/mol. The zero-order valence-electron chi connectivity index (χ0n) is 9.43. The van der Waals surface area contributed by atoms with E-state index in [1.807, 2.05) is 0 Å². The zero-order valence-corrected chi connectivity index (χ0v) is 10.2. The van der Waals surface area contributed by atoms with E-state index in [2.05, 4.69) is 10.3 Å². The Labute approximate surface area is 109 Å². The highest BCUT2D eigenvalue weighted by atomic mass is 35.5. The molecule has 1 aromatic carbocycles. The molecule has 5 heteroatoms. The lowest BCUT2D eigenvalue weighted by atomic mass is 10.2. The van der Waals surface area contributed by atoms with E-state index in [0.29, 0.717) is 17.1 Å². The molecular weight excluding hydrogens is 252 g/mol. The molecule has 0 radical (unpaired) electrons. The van der Waals surface area contributed by atoms with Crippen LogP contribution in [-0.4, -0.2) is 16.0 Å². The SMILES string of the molecule is O=C(NCc1ccc(O)cc1)c1ccncc1Cl. The number of phenols is 1. The molecule has 2 aromatic rings. The minimum absolute atomic E-state index is 0.197. The summed E-state index contributed by atoms with van der Waals surface area (Å²) in [5, 5.41) is 12.2. The largest absolute Gasteiger partial charge is 0.508 e. The van der Waals surface area contributed by atoms with Gasteiger partial charge in [0.05, 0.1) is 10.6 Å². The molecule has 0 aliphatic rings. The molecule has 0 aliphatic carbocycles. The number of carbonyl (C=O) groups is 1. The molecule has 2 N–H and O–H groups in total. The highest BCUT2D eigenvalue weighted by Crippen LogP contribution is 2.13. The second-order valence-electron chi connectivity index (χ2n) is 3.70. The monoisotopic (exact) mass is 262 g/mol. The first-order valence-electron chi connectivity index (χ1n) is 5.32. The summed E-state index contributed by atoms with van der Waals surface area (Å²) >= 11 is 5.87. The molecule has 1 aromatic heterocycles. The molecule has 0 aliphatic heterocycles. The normalized spacial score (nSPS) is 10.1. The number of pyridine rings is 1. The average molecular weight is 263 g/mol. The lowest BCUT2D eigenvalue weighted by molar-refractivity contribution is 0.0951. The number of nitrogens with one attached hydrogen (secondary N) is 1. The number of amides is 1. The first-order chi connectivity index (χ1) is 8.66. The highest BCUT2D eigenvalue weighted by Gasteiger charge is 2.09. The Morgan fingerprint density at radius 2 is 2.00 bits per heavy atom. The minimum atomic E-state index is -0.254. The van der Waals surface area contributed by atoms with Gasteiger partial charge in [-0.1, -0.05) is 23.7 Å². The molecule has 2 rings (SSSR count). The summed E-state index contributed by atoms with van der Waals surface area (Å²) in [4.78, 5) is 15.6. The number of phenolic OH excluding ortho intramolecular Hbond substituents is 1. The number of hydrogen-bond acceptors (Lipinski definition) is 3. The summed E-state index contributed by atoms with van der Waals surface area (Å²) in [5.41, 5.74) is 1.29. The van der Waals surface area contributed by atoms with Crippen molar-refractivity contribution in [3.63, 3.8) is 0 Å². The predicted octanol–water partition coefficient (Wildman–Crippen LogP) is 2.37. The van der Waals surface area contributed by atoms with Crippen molar-refractivity contribution in [2.45, 2.75) is 6.54 Å². The number of rotatable bonds is 3. The van der Waals surface area contributed by atoms with Gasteiger partial charge in [-0.05, 0) is 23.8 Å². The van der Waals surface area contributed by atoms with E-state index in [1.165, 1.54) is 12.4 Å². The van der Waals surface area contributed by atoms with Crippen LogP contribution < -0.4 is 5.32 Å². The van der Waals surface area contributed by atoms with Crippen LogP contribution in [0.5, 0.6) is 5.75 Å². The molecule has 0 unspecified atom stereocenters. The van der Waals surface area contributed by atoms with E-state index in [-0.39, 0.29) is 11.7 Å². The van der Waals surface area contributed by atoms with Crippen molar-refractivity contribution in [1.82, 2.24) is 10.3 Å². The number of nitrogens with zero attached hydrogens (tertiary/aromatic N) is 1. The van der Waals surface area contributed by atoms with Crippen molar-refractivity contribution in [3.05, 3.63) is 58.9 Å². The number of aromatic hydroxyl groups is 1. The van der Waals surface area contributed by atoms with Crippen molar-refractivity contribution in [3.8, 4) is 5.75 Å². The molecule has 4 nitrogen and oxygen atoms in total. The molecule has 1 amide bonds. The van der Waals surface area contributed by atoms with Gasteiger partial charge in [0.25, 0.3) is 5.91 Å². The molecule has 0 bridgehead atoms. The van der Waals surface area contributed by atoms with Crippen molar-refractivity contribution < 1.29 is 9.90 Å². The summed E-state index contributed by atoms with van der Waals surface area (Å²) in [6.45, 7) is 0.373. The van der Waals surface area contributed by atoms with Crippen LogP contribution in [0.4, 0.5) is 0 Å². The van der Waals surface area contributed by atoms with Crippen LogP contribution in [-0.2, 0) is 6.54 Å². The standard InChI is InChI=1S/C13H11ClN2O2/c14-12-8-15-6-5-11(12)13(18)16-7-9-1-3-10(17)4-2-9/h1-6,8,17H,7H2,(H,16,18). The topological polar surface area (TPSA) is 62.2 Å². The van der Waals surface area contributed by atoms with E-state index in [9.17, 15) is 4.79 Å². The summed E-state index contributed by atoms with van der Waals surface area (Å²) < 4.78 is 0. The maximum atomic E-state index is 11.8. The van der Waals surface area contributed by atoms with E-state index in [0.717, 1.165) is 5.56 Å². The Kier molecular flexibility index (Phi) is 3.79. The molecular formula is C13H11ClN2O2. The molecule has 0 atom stereocenters. The summed E-state index contributed by atoms with van der Waals surface area (Å²) in [6, 6.07) is 8.18. The second-order valence-corrected chi connectivity index (χ2v) is 4.11. The fraction of sp³-hybridized carbons (Fsp3) is 0.0769. The van der Waals surface area contributed by atoms with Crippen LogP contribution in [0, 0.1) is 0 Å². The van der Waals surface area contributed by atoms with E-state index in [1.54, 1.807) is 30.3 Å². The number of aromatic nitrogens is 1. The van der Waals surface area contributed by atoms with Crippen LogP contribution in [0.15, 0.2) is 42.7 Å². The van der Waals surface area contributed by atoms with Crippen molar-refractivity contribution in [2.24, 2.45) is 0 Å². The zero-order chi connectivity index (χ0) is 13.0.